The number of guanidine groups is 1. The number of non-ortho nitro benzene ring substituents is 1. The predicted molar refractivity (Wildman–Crippen MR) is 72.8 cm³/mol. The largest absolute Gasteiger partial charge is 0.370 e. The number of nitrogens with one attached hydrogen (secondary N) is 1. The molecule has 1 rings (SSSR count). The fraction of sp³-hybridized carbons (Fsp3) is 0.200. The quantitative estimate of drug-likeness (QED) is 0.325. The Morgan fingerprint density at radius 1 is 1.39 bits per heavy atom. The first-order chi connectivity index (χ1) is 8.49. The van der Waals surface area contributed by atoms with Crippen molar-refractivity contribution < 1.29 is 4.92 Å². The van der Waals surface area contributed by atoms with Crippen molar-refractivity contribution in [3.8, 4) is 0 Å². The van der Waals surface area contributed by atoms with Crippen molar-refractivity contribution in [3.63, 3.8) is 0 Å². The standard InChI is InChI=1S/C10H13N5O2S/c11-9(12)14-10(13)18-6-5-7-1-3-8(4-2-7)15(16)17/h1-4H,5-6H2,(H5,11,12,13,14). The Morgan fingerprint density at radius 3 is 2.50 bits per heavy atom. The van der Waals surface area contributed by atoms with Gasteiger partial charge in [0.15, 0.2) is 11.1 Å². The molecule has 1 aromatic rings. The zero-order chi connectivity index (χ0) is 13.5. The first kappa shape index (κ1) is 14.0. The Bertz CT molecular complexity index is 468. The lowest BCUT2D eigenvalue weighted by Gasteiger charge is -2.00. The normalized spacial score (nSPS) is 9.78. The molecule has 0 aliphatic heterocycles. The summed E-state index contributed by atoms with van der Waals surface area (Å²) in [4.78, 5) is 13.6. The summed E-state index contributed by atoms with van der Waals surface area (Å²) in [7, 11) is 0. The lowest BCUT2D eigenvalue weighted by atomic mass is 10.1. The Morgan fingerprint density at radius 2 is 2.00 bits per heavy atom. The molecule has 96 valence electrons. The molecule has 0 saturated heterocycles. The van der Waals surface area contributed by atoms with Crippen LogP contribution in [0.4, 0.5) is 5.69 Å². The van der Waals surface area contributed by atoms with E-state index in [0.717, 1.165) is 5.56 Å². The number of benzene rings is 1. The summed E-state index contributed by atoms with van der Waals surface area (Å²) < 4.78 is 0. The number of thioether (sulfide) groups is 1. The first-order valence-corrected chi connectivity index (χ1v) is 6.02. The topological polar surface area (TPSA) is 131 Å². The van der Waals surface area contributed by atoms with Crippen molar-refractivity contribution in [2.75, 3.05) is 5.75 Å². The van der Waals surface area contributed by atoms with Crippen LogP contribution in [0.5, 0.6) is 0 Å². The third-order valence-electron chi connectivity index (χ3n) is 2.01. The highest BCUT2D eigenvalue weighted by molar-refractivity contribution is 8.13. The highest BCUT2D eigenvalue weighted by Crippen LogP contribution is 2.14. The Hall–Kier alpha value is -2.09. The van der Waals surface area contributed by atoms with Crippen molar-refractivity contribution in [2.24, 2.45) is 16.5 Å². The molecule has 0 aliphatic rings. The molecule has 5 N–H and O–H groups in total. The van der Waals surface area contributed by atoms with Crippen LogP contribution in [0.15, 0.2) is 29.3 Å². The maximum Gasteiger partial charge on any atom is 0.269 e. The minimum atomic E-state index is -0.438. The van der Waals surface area contributed by atoms with Gasteiger partial charge >= 0.3 is 0 Å². The van der Waals surface area contributed by atoms with Crippen LogP contribution in [-0.4, -0.2) is 21.8 Å². The van der Waals surface area contributed by atoms with E-state index in [1.807, 2.05) is 0 Å². The van der Waals surface area contributed by atoms with E-state index < -0.39 is 4.92 Å². The molecule has 0 amide bonds. The Balaban J connectivity index is 2.42. The van der Waals surface area contributed by atoms with Gasteiger partial charge in [0.1, 0.15) is 0 Å². The van der Waals surface area contributed by atoms with Gasteiger partial charge in [-0.1, -0.05) is 23.9 Å². The van der Waals surface area contributed by atoms with Gasteiger partial charge in [-0.15, -0.1) is 0 Å². The number of nitro benzene ring substituents is 1. The second-order valence-corrected chi connectivity index (χ2v) is 4.45. The molecule has 0 aliphatic carbocycles. The number of amidine groups is 1. The van der Waals surface area contributed by atoms with Gasteiger partial charge in [0.2, 0.25) is 0 Å². The molecule has 8 heteroatoms. The molecule has 1 aromatic carbocycles. The van der Waals surface area contributed by atoms with Crippen LogP contribution >= 0.6 is 11.8 Å². The van der Waals surface area contributed by atoms with Crippen LogP contribution in [0.1, 0.15) is 5.56 Å². The summed E-state index contributed by atoms with van der Waals surface area (Å²) in [6, 6.07) is 6.31. The van der Waals surface area contributed by atoms with Crippen molar-refractivity contribution >= 4 is 28.6 Å². The van der Waals surface area contributed by atoms with E-state index >= 15 is 0 Å². The Labute approximate surface area is 108 Å². The van der Waals surface area contributed by atoms with Crippen molar-refractivity contribution in [3.05, 3.63) is 39.9 Å². The van der Waals surface area contributed by atoms with Crippen LogP contribution in [0.25, 0.3) is 0 Å². The second kappa shape index (κ2) is 6.60. The van der Waals surface area contributed by atoms with Gasteiger partial charge in [0.25, 0.3) is 5.69 Å². The number of hydrogen-bond acceptors (Lipinski definition) is 4. The van der Waals surface area contributed by atoms with Crippen molar-refractivity contribution in [1.82, 2.24) is 0 Å². The molecule has 0 unspecified atom stereocenters. The van der Waals surface area contributed by atoms with Gasteiger partial charge < -0.3 is 11.5 Å². The van der Waals surface area contributed by atoms with Gasteiger partial charge in [0.05, 0.1) is 4.92 Å². The van der Waals surface area contributed by atoms with Crippen molar-refractivity contribution in [1.29, 1.82) is 5.41 Å². The highest BCUT2D eigenvalue weighted by Gasteiger charge is 2.04. The summed E-state index contributed by atoms with van der Waals surface area (Å²) >= 11 is 1.21. The van der Waals surface area contributed by atoms with E-state index in [1.165, 1.54) is 23.9 Å². The van der Waals surface area contributed by atoms with Gasteiger partial charge in [-0.3, -0.25) is 15.5 Å². The number of aliphatic imine (C=N–C) groups is 1. The van der Waals surface area contributed by atoms with E-state index in [2.05, 4.69) is 4.99 Å². The maximum atomic E-state index is 10.5. The monoisotopic (exact) mass is 267 g/mol. The van der Waals surface area contributed by atoms with E-state index in [9.17, 15) is 10.1 Å². The molecule has 0 bridgehead atoms. The fourth-order valence-electron chi connectivity index (χ4n) is 1.20. The molecule has 0 aromatic heterocycles. The lowest BCUT2D eigenvalue weighted by Crippen LogP contribution is -2.23. The molecule has 0 spiro atoms. The minimum Gasteiger partial charge on any atom is -0.370 e. The van der Waals surface area contributed by atoms with Crippen LogP contribution in [0, 0.1) is 15.5 Å². The molecule has 0 fully saturated rings. The van der Waals surface area contributed by atoms with Crippen LogP contribution in [0.2, 0.25) is 0 Å². The maximum absolute atomic E-state index is 10.5. The van der Waals surface area contributed by atoms with Gasteiger partial charge in [-0.25, -0.2) is 0 Å². The summed E-state index contributed by atoms with van der Waals surface area (Å²) in [5, 5.41) is 17.9. The van der Waals surface area contributed by atoms with E-state index in [1.54, 1.807) is 12.1 Å². The smallest absolute Gasteiger partial charge is 0.269 e. The number of hydrogen-bond donors (Lipinski definition) is 3. The lowest BCUT2D eigenvalue weighted by molar-refractivity contribution is -0.384. The Kier molecular flexibility index (Phi) is 5.12. The van der Waals surface area contributed by atoms with Gasteiger partial charge in [0, 0.05) is 17.9 Å². The molecular formula is C10H13N5O2S. The highest BCUT2D eigenvalue weighted by atomic mass is 32.2. The molecule has 7 nitrogen and oxygen atoms in total. The number of nitro groups is 1. The van der Waals surface area contributed by atoms with Crippen molar-refractivity contribution in [2.45, 2.75) is 6.42 Å². The van der Waals surface area contributed by atoms with Crippen LogP contribution in [-0.2, 0) is 6.42 Å². The third kappa shape index (κ3) is 4.83. The average Bonchev–Trinajstić information content (AvgIpc) is 2.28. The number of rotatable bonds is 4. The SMILES string of the molecule is N=C(N=C(N)N)SCCc1ccc([N+](=O)[O-])cc1. The summed E-state index contributed by atoms with van der Waals surface area (Å²) in [5.41, 5.74) is 11.3. The van der Waals surface area contributed by atoms with Gasteiger partial charge in [-0.05, 0) is 12.0 Å². The zero-order valence-electron chi connectivity index (χ0n) is 9.50. The summed E-state index contributed by atoms with van der Waals surface area (Å²) in [6.45, 7) is 0. The first-order valence-electron chi connectivity index (χ1n) is 5.03. The molecule has 0 saturated carbocycles. The van der Waals surface area contributed by atoms with E-state index in [0.29, 0.717) is 12.2 Å². The molecule has 18 heavy (non-hydrogen) atoms. The summed E-state index contributed by atoms with van der Waals surface area (Å²) in [5.74, 6) is 0.496. The average molecular weight is 267 g/mol. The van der Waals surface area contributed by atoms with E-state index in [-0.39, 0.29) is 16.8 Å². The minimum absolute atomic E-state index is 0.0527. The number of nitrogens with zero attached hydrogens (tertiary/aromatic N) is 2. The van der Waals surface area contributed by atoms with Crippen LogP contribution in [0.3, 0.4) is 0 Å². The zero-order valence-corrected chi connectivity index (χ0v) is 10.3. The number of nitrogens with two attached hydrogens (primary N) is 2. The molecule has 0 radical (unpaired) electrons. The molecule has 0 atom stereocenters. The van der Waals surface area contributed by atoms with Gasteiger partial charge in [-0.2, -0.15) is 4.99 Å². The second-order valence-electron chi connectivity index (χ2n) is 3.36. The molecule has 0 heterocycles. The third-order valence-corrected chi connectivity index (χ3v) is 2.78. The van der Waals surface area contributed by atoms with E-state index in [4.69, 9.17) is 16.9 Å². The fourth-order valence-corrected chi connectivity index (χ4v) is 1.90. The number of aryl methyl sites for hydroxylation is 1. The predicted octanol–water partition coefficient (Wildman–Crippen LogP) is 1.08. The molecular weight excluding hydrogens is 254 g/mol. The van der Waals surface area contributed by atoms with Crippen LogP contribution < -0.4 is 11.5 Å². The summed E-state index contributed by atoms with van der Waals surface area (Å²) in [6.07, 6.45) is 0.686.